The third-order valence-corrected chi connectivity index (χ3v) is 3.97. The molecule has 3 heteroatoms. The van der Waals surface area contributed by atoms with Gasteiger partial charge in [-0.1, -0.05) is 51.3 Å². The molecule has 0 saturated carbocycles. The summed E-state index contributed by atoms with van der Waals surface area (Å²) in [6.07, 6.45) is 11.3. The largest absolute Gasteiger partial charge is 0.460 e. The monoisotopic (exact) mass is 304 g/mol. The maximum absolute atomic E-state index is 12.6. The molecule has 2 atom stereocenters. The Morgan fingerprint density at radius 3 is 2.50 bits per heavy atom. The van der Waals surface area contributed by atoms with Crippen molar-refractivity contribution < 1.29 is 14.3 Å². The van der Waals surface area contributed by atoms with Gasteiger partial charge in [0.05, 0.1) is 0 Å². The van der Waals surface area contributed by atoms with Crippen molar-refractivity contribution >= 4 is 5.97 Å². The van der Waals surface area contributed by atoms with Crippen LogP contribution < -0.4 is 0 Å². The summed E-state index contributed by atoms with van der Waals surface area (Å²) in [6.45, 7) is 14.0. The van der Waals surface area contributed by atoms with Gasteiger partial charge < -0.3 is 9.47 Å². The first kappa shape index (κ1) is 18.4. The summed E-state index contributed by atoms with van der Waals surface area (Å²) in [6, 6.07) is 0. The molecule has 1 aliphatic heterocycles. The Labute approximate surface area is 134 Å². The van der Waals surface area contributed by atoms with E-state index in [4.69, 9.17) is 9.47 Å². The maximum Gasteiger partial charge on any atom is 0.342 e. The fourth-order valence-corrected chi connectivity index (χ4v) is 2.14. The second-order valence-electron chi connectivity index (χ2n) is 5.99. The molecule has 0 aromatic carbocycles. The average Bonchev–Trinajstić information content (AvgIpc) is 2.52. The van der Waals surface area contributed by atoms with Crippen LogP contribution in [-0.4, -0.2) is 24.3 Å². The van der Waals surface area contributed by atoms with E-state index >= 15 is 0 Å². The predicted octanol–water partition coefficient (Wildman–Crippen LogP) is 4.37. The Hall–Kier alpha value is -1.61. The zero-order valence-electron chi connectivity index (χ0n) is 14.0. The maximum atomic E-state index is 12.6. The van der Waals surface area contributed by atoms with Gasteiger partial charge in [0, 0.05) is 6.61 Å². The first-order chi connectivity index (χ1) is 10.4. The number of ether oxygens (including phenoxy) is 2. The quantitative estimate of drug-likeness (QED) is 0.517. The standard InChI is InChI=1S/C19H28O3/c1-6-10-17(7-2)11-13-19(12-8-9-14-21-19)18(20)22-16(5)15(3)4/h6-7,10-11,13,15-16H,1-2,8-9,12,14H2,3-5H3. The summed E-state index contributed by atoms with van der Waals surface area (Å²) in [4.78, 5) is 12.6. The molecule has 0 amide bonds. The molecular weight excluding hydrogens is 276 g/mol. The third kappa shape index (κ3) is 4.99. The predicted molar refractivity (Wildman–Crippen MR) is 90.5 cm³/mol. The molecule has 0 N–H and O–H groups in total. The fraction of sp³-hybridized carbons (Fsp3) is 0.526. The first-order valence-corrected chi connectivity index (χ1v) is 7.94. The molecule has 0 spiro atoms. The van der Waals surface area contributed by atoms with Gasteiger partial charge in [-0.25, -0.2) is 4.79 Å². The average molecular weight is 304 g/mol. The second-order valence-corrected chi connectivity index (χ2v) is 5.99. The van der Waals surface area contributed by atoms with Crippen molar-refractivity contribution in [2.24, 2.45) is 5.92 Å². The zero-order valence-corrected chi connectivity index (χ0v) is 14.0. The Balaban J connectivity index is 2.97. The smallest absolute Gasteiger partial charge is 0.342 e. The lowest BCUT2D eigenvalue weighted by Crippen LogP contribution is -2.45. The lowest BCUT2D eigenvalue weighted by molar-refractivity contribution is -0.177. The molecule has 1 rings (SSSR count). The zero-order chi connectivity index (χ0) is 16.6. The number of hydrogen-bond donors (Lipinski definition) is 0. The van der Waals surface area contributed by atoms with Crippen LogP contribution in [0, 0.1) is 5.92 Å². The second kappa shape index (κ2) is 8.74. The Morgan fingerprint density at radius 1 is 1.27 bits per heavy atom. The molecule has 22 heavy (non-hydrogen) atoms. The molecule has 0 radical (unpaired) electrons. The number of esters is 1. The number of carbonyl (C=O) groups excluding carboxylic acids is 1. The van der Waals surface area contributed by atoms with Crippen molar-refractivity contribution in [3.05, 3.63) is 49.1 Å². The van der Waals surface area contributed by atoms with Crippen LogP contribution in [0.25, 0.3) is 0 Å². The summed E-state index contributed by atoms with van der Waals surface area (Å²) in [7, 11) is 0. The molecule has 2 unspecified atom stereocenters. The Morgan fingerprint density at radius 2 is 2.00 bits per heavy atom. The molecule has 0 bridgehead atoms. The Bertz CT molecular complexity index is 451. The van der Waals surface area contributed by atoms with Gasteiger partial charge in [0.2, 0.25) is 0 Å². The van der Waals surface area contributed by atoms with Crippen LogP contribution in [0.15, 0.2) is 49.1 Å². The Kier molecular flexibility index (Phi) is 7.33. The van der Waals surface area contributed by atoms with Gasteiger partial charge in [0.1, 0.15) is 6.10 Å². The van der Waals surface area contributed by atoms with Gasteiger partial charge in [-0.15, -0.1) is 0 Å². The van der Waals surface area contributed by atoms with E-state index in [1.54, 1.807) is 18.2 Å². The topological polar surface area (TPSA) is 35.5 Å². The highest BCUT2D eigenvalue weighted by atomic mass is 16.6. The van der Waals surface area contributed by atoms with E-state index in [1.807, 2.05) is 32.9 Å². The van der Waals surface area contributed by atoms with Crippen LogP contribution in [-0.2, 0) is 14.3 Å². The molecular formula is C19H28O3. The summed E-state index contributed by atoms with van der Waals surface area (Å²) in [5.41, 5.74) is -0.0988. The molecule has 122 valence electrons. The normalized spacial score (nSPS) is 24.3. The van der Waals surface area contributed by atoms with Crippen molar-refractivity contribution in [1.82, 2.24) is 0 Å². The van der Waals surface area contributed by atoms with E-state index in [1.165, 1.54) is 0 Å². The van der Waals surface area contributed by atoms with Crippen LogP contribution in [0.1, 0.15) is 40.0 Å². The fourth-order valence-electron chi connectivity index (χ4n) is 2.14. The molecule has 1 fully saturated rings. The lowest BCUT2D eigenvalue weighted by Gasteiger charge is -2.34. The van der Waals surface area contributed by atoms with Crippen LogP contribution >= 0.6 is 0 Å². The van der Waals surface area contributed by atoms with E-state index in [-0.39, 0.29) is 18.0 Å². The SMILES string of the molecule is C=CC=C(C=C)C=CC1(C(=O)OC(C)C(C)C)CCCCO1. The molecule has 1 saturated heterocycles. The van der Waals surface area contributed by atoms with Crippen molar-refractivity contribution in [3.63, 3.8) is 0 Å². The highest BCUT2D eigenvalue weighted by Crippen LogP contribution is 2.29. The van der Waals surface area contributed by atoms with Gasteiger partial charge in [-0.05, 0) is 43.8 Å². The van der Waals surface area contributed by atoms with E-state index in [2.05, 4.69) is 13.2 Å². The highest BCUT2D eigenvalue weighted by molar-refractivity contribution is 5.82. The summed E-state index contributed by atoms with van der Waals surface area (Å²) >= 11 is 0. The number of allylic oxidation sites excluding steroid dienone is 5. The molecule has 0 aromatic rings. The van der Waals surface area contributed by atoms with Crippen molar-refractivity contribution in [2.75, 3.05) is 6.61 Å². The third-order valence-electron chi connectivity index (χ3n) is 3.97. The molecule has 1 heterocycles. The lowest BCUT2D eigenvalue weighted by atomic mass is 9.92. The summed E-state index contributed by atoms with van der Waals surface area (Å²) in [5.74, 6) is -0.0235. The van der Waals surface area contributed by atoms with Gasteiger partial charge in [0.15, 0.2) is 5.60 Å². The minimum Gasteiger partial charge on any atom is -0.460 e. The first-order valence-electron chi connectivity index (χ1n) is 7.94. The number of carbonyl (C=O) groups is 1. The van der Waals surface area contributed by atoms with E-state index in [9.17, 15) is 4.79 Å². The van der Waals surface area contributed by atoms with E-state index < -0.39 is 5.60 Å². The van der Waals surface area contributed by atoms with Crippen LogP contribution in [0.5, 0.6) is 0 Å². The van der Waals surface area contributed by atoms with Crippen molar-refractivity contribution in [1.29, 1.82) is 0 Å². The van der Waals surface area contributed by atoms with Crippen LogP contribution in [0.2, 0.25) is 0 Å². The minimum absolute atomic E-state index is 0.133. The molecule has 0 aliphatic carbocycles. The van der Waals surface area contributed by atoms with E-state index in [0.717, 1.165) is 18.4 Å². The minimum atomic E-state index is -0.981. The highest BCUT2D eigenvalue weighted by Gasteiger charge is 2.41. The molecule has 0 aromatic heterocycles. The van der Waals surface area contributed by atoms with Gasteiger partial charge in [-0.3, -0.25) is 0 Å². The van der Waals surface area contributed by atoms with Crippen LogP contribution in [0.3, 0.4) is 0 Å². The van der Waals surface area contributed by atoms with Gasteiger partial charge in [0.25, 0.3) is 0 Å². The van der Waals surface area contributed by atoms with Crippen molar-refractivity contribution in [2.45, 2.75) is 51.7 Å². The van der Waals surface area contributed by atoms with Crippen molar-refractivity contribution in [3.8, 4) is 0 Å². The summed E-state index contributed by atoms with van der Waals surface area (Å²) < 4.78 is 11.4. The number of rotatable bonds is 7. The number of hydrogen-bond acceptors (Lipinski definition) is 3. The van der Waals surface area contributed by atoms with E-state index in [0.29, 0.717) is 13.0 Å². The van der Waals surface area contributed by atoms with Gasteiger partial charge >= 0.3 is 5.97 Å². The molecule has 3 nitrogen and oxygen atoms in total. The van der Waals surface area contributed by atoms with Gasteiger partial charge in [-0.2, -0.15) is 0 Å². The van der Waals surface area contributed by atoms with Crippen LogP contribution in [0.4, 0.5) is 0 Å². The molecule has 1 aliphatic rings. The summed E-state index contributed by atoms with van der Waals surface area (Å²) in [5, 5.41) is 0.